The van der Waals surface area contributed by atoms with Gasteiger partial charge in [-0.05, 0) is 19.9 Å². The summed E-state index contributed by atoms with van der Waals surface area (Å²) in [5.74, 6) is 0. The molecule has 0 aliphatic rings. The van der Waals surface area contributed by atoms with Gasteiger partial charge in [-0.3, -0.25) is 8.74 Å². The Bertz CT molecular complexity index is 97.8. The SMILES string of the molecule is CC(CCN)OS(=O)O. The van der Waals surface area contributed by atoms with Crippen LogP contribution in [0, 0.1) is 0 Å². The maximum Gasteiger partial charge on any atom is 0.302 e. The Hall–Kier alpha value is 0.0300. The maximum absolute atomic E-state index is 9.93. The van der Waals surface area contributed by atoms with Crippen LogP contribution >= 0.6 is 0 Å². The minimum absolute atomic E-state index is 0.235. The van der Waals surface area contributed by atoms with Crippen LogP contribution in [0.4, 0.5) is 0 Å². The Balaban J connectivity index is 3.26. The second-order valence-electron chi connectivity index (χ2n) is 1.70. The van der Waals surface area contributed by atoms with Crippen molar-refractivity contribution in [3.8, 4) is 0 Å². The topological polar surface area (TPSA) is 72.5 Å². The lowest BCUT2D eigenvalue weighted by Crippen LogP contribution is -2.14. The molecule has 2 atom stereocenters. The number of rotatable bonds is 4. The van der Waals surface area contributed by atoms with Gasteiger partial charge < -0.3 is 5.73 Å². The first-order valence-corrected chi connectivity index (χ1v) is 3.68. The van der Waals surface area contributed by atoms with E-state index in [1.165, 1.54) is 0 Å². The summed E-state index contributed by atoms with van der Waals surface area (Å²) >= 11 is -2.15. The second kappa shape index (κ2) is 4.87. The van der Waals surface area contributed by atoms with Crippen LogP contribution in [0.3, 0.4) is 0 Å². The average Bonchev–Trinajstić information content (AvgIpc) is 1.63. The second-order valence-corrected chi connectivity index (χ2v) is 2.33. The summed E-state index contributed by atoms with van der Waals surface area (Å²) in [4.78, 5) is 0. The van der Waals surface area contributed by atoms with E-state index in [1.54, 1.807) is 6.92 Å². The van der Waals surface area contributed by atoms with E-state index < -0.39 is 11.4 Å². The Morgan fingerprint density at radius 2 is 2.44 bits per heavy atom. The van der Waals surface area contributed by atoms with Crippen molar-refractivity contribution >= 4 is 11.4 Å². The molecule has 4 nitrogen and oxygen atoms in total. The molecule has 0 rings (SSSR count). The van der Waals surface area contributed by atoms with Gasteiger partial charge in [0.2, 0.25) is 0 Å². The summed E-state index contributed by atoms with van der Waals surface area (Å²) in [6.45, 7) is 2.17. The van der Waals surface area contributed by atoms with Crippen molar-refractivity contribution in [3.63, 3.8) is 0 Å². The van der Waals surface area contributed by atoms with Crippen molar-refractivity contribution in [1.82, 2.24) is 0 Å². The Labute approximate surface area is 56.9 Å². The average molecular weight is 153 g/mol. The molecule has 0 aliphatic carbocycles. The molecule has 0 heterocycles. The minimum Gasteiger partial charge on any atom is -0.330 e. The quantitative estimate of drug-likeness (QED) is 0.552. The van der Waals surface area contributed by atoms with Crippen LogP contribution in [0.25, 0.3) is 0 Å². The molecule has 0 radical (unpaired) electrons. The van der Waals surface area contributed by atoms with Gasteiger partial charge in [0.15, 0.2) is 0 Å². The first-order chi connectivity index (χ1) is 4.16. The molecular formula is C4H11NO3S. The van der Waals surface area contributed by atoms with E-state index in [1.807, 2.05) is 0 Å². The molecule has 0 spiro atoms. The van der Waals surface area contributed by atoms with Crippen LogP contribution in [-0.4, -0.2) is 21.4 Å². The molecule has 56 valence electrons. The van der Waals surface area contributed by atoms with Crippen LogP contribution in [0.5, 0.6) is 0 Å². The van der Waals surface area contributed by atoms with Crippen molar-refractivity contribution in [1.29, 1.82) is 0 Å². The van der Waals surface area contributed by atoms with Gasteiger partial charge in [0.25, 0.3) is 0 Å². The number of nitrogens with two attached hydrogens (primary N) is 1. The van der Waals surface area contributed by atoms with Crippen molar-refractivity contribution in [2.24, 2.45) is 5.73 Å². The molecule has 0 aromatic carbocycles. The fourth-order valence-corrected chi connectivity index (χ4v) is 0.801. The zero-order valence-corrected chi connectivity index (χ0v) is 6.06. The predicted molar refractivity (Wildman–Crippen MR) is 35.0 cm³/mol. The standard InChI is InChI=1S/C4H11NO3S/c1-4(2-3-5)8-9(6)7/h4H,2-3,5H2,1H3,(H,6,7). The Kier molecular flexibility index (Phi) is 4.88. The lowest BCUT2D eigenvalue weighted by Gasteiger charge is -2.05. The smallest absolute Gasteiger partial charge is 0.302 e. The van der Waals surface area contributed by atoms with Gasteiger partial charge in [-0.2, -0.15) is 4.21 Å². The highest BCUT2D eigenvalue weighted by molar-refractivity contribution is 7.74. The first kappa shape index (κ1) is 9.03. The van der Waals surface area contributed by atoms with Crippen molar-refractivity contribution in [2.75, 3.05) is 6.54 Å². The van der Waals surface area contributed by atoms with E-state index in [-0.39, 0.29) is 6.10 Å². The summed E-state index contributed by atoms with van der Waals surface area (Å²) in [5, 5.41) is 0. The molecule has 0 aliphatic heterocycles. The van der Waals surface area contributed by atoms with Gasteiger partial charge in [-0.1, -0.05) is 0 Å². The lowest BCUT2D eigenvalue weighted by molar-refractivity contribution is 0.215. The Morgan fingerprint density at radius 1 is 1.89 bits per heavy atom. The monoisotopic (exact) mass is 153 g/mol. The highest BCUT2D eigenvalue weighted by atomic mass is 32.2. The van der Waals surface area contributed by atoms with E-state index >= 15 is 0 Å². The van der Waals surface area contributed by atoms with E-state index in [2.05, 4.69) is 4.18 Å². The summed E-state index contributed by atoms with van der Waals surface area (Å²) < 4.78 is 22.5. The Morgan fingerprint density at radius 3 is 2.78 bits per heavy atom. The van der Waals surface area contributed by atoms with Gasteiger partial charge in [-0.15, -0.1) is 0 Å². The number of hydrogen-bond acceptors (Lipinski definition) is 3. The molecule has 2 unspecified atom stereocenters. The fourth-order valence-electron chi connectivity index (χ4n) is 0.423. The third kappa shape index (κ3) is 5.91. The third-order valence-corrected chi connectivity index (χ3v) is 1.31. The highest BCUT2D eigenvalue weighted by Crippen LogP contribution is 1.95. The fraction of sp³-hybridized carbons (Fsp3) is 1.00. The lowest BCUT2D eigenvalue weighted by atomic mass is 10.3. The van der Waals surface area contributed by atoms with Gasteiger partial charge in [0.05, 0.1) is 6.10 Å². The largest absolute Gasteiger partial charge is 0.330 e. The zero-order chi connectivity index (χ0) is 7.28. The zero-order valence-electron chi connectivity index (χ0n) is 5.24. The van der Waals surface area contributed by atoms with Crippen LogP contribution in [-0.2, 0) is 15.5 Å². The molecule has 5 heteroatoms. The predicted octanol–water partition coefficient (Wildman–Crippen LogP) is -0.123. The van der Waals surface area contributed by atoms with Crippen LogP contribution in [0.15, 0.2) is 0 Å². The molecule has 0 fully saturated rings. The normalized spacial score (nSPS) is 17.2. The minimum atomic E-state index is -2.15. The van der Waals surface area contributed by atoms with Gasteiger partial charge in [-0.25, -0.2) is 0 Å². The summed E-state index contributed by atoms with van der Waals surface area (Å²) in [7, 11) is 0. The molecule has 0 amide bonds. The maximum atomic E-state index is 9.93. The van der Waals surface area contributed by atoms with Crippen molar-refractivity contribution < 1.29 is 12.9 Å². The van der Waals surface area contributed by atoms with Crippen LogP contribution in [0.1, 0.15) is 13.3 Å². The summed E-state index contributed by atoms with van der Waals surface area (Å²) in [6, 6.07) is 0. The third-order valence-electron chi connectivity index (χ3n) is 0.820. The highest BCUT2D eigenvalue weighted by Gasteiger charge is 2.02. The van der Waals surface area contributed by atoms with E-state index in [0.29, 0.717) is 13.0 Å². The molecule has 9 heavy (non-hydrogen) atoms. The van der Waals surface area contributed by atoms with E-state index in [4.69, 9.17) is 10.3 Å². The number of hydrogen-bond donors (Lipinski definition) is 2. The summed E-state index contributed by atoms with van der Waals surface area (Å²) in [6.07, 6.45) is 0.368. The van der Waals surface area contributed by atoms with Crippen LogP contribution in [0.2, 0.25) is 0 Å². The molecule has 3 N–H and O–H groups in total. The molecule has 0 saturated heterocycles. The van der Waals surface area contributed by atoms with Crippen molar-refractivity contribution in [3.05, 3.63) is 0 Å². The van der Waals surface area contributed by atoms with E-state index in [0.717, 1.165) is 0 Å². The molecular weight excluding hydrogens is 142 g/mol. The molecule has 0 bridgehead atoms. The van der Waals surface area contributed by atoms with Gasteiger partial charge >= 0.3 is 11.4 Å². The van der Waals surface area contributed by atoms with Gasteiger partial charge in [0.1, 0.15) is 0 Å². The molecule has 0 saturated carbocycles. The van der Waals surface area contributed by atoms with E-state index in [9.17, 15) is 4.21 Å². The van der Waals surface area contributed by atoms with Crippen LogP contribution < -0.4 is 5.73 Å². The molecule has 0 aromatic rings. The molecule has 0 aromatic heterocycles. The van der Waals surface area contributed by atoms with Gasteiger partial charge in [0, 0.05) is 0 Å². The van der Waals surface area contributed by atoms with Crippen molar-refractivity contribution in [2.45, 2.75) is 19.4 Å². The summed E-state index contributed by atoms with van der Waals surface area (Å²) in [5.41, 5.74) is 5.14. The first-order valence-electron chi connectivity index (χ1n) is 2.65.